The third-order valence-corrected chi connectivity index (χ3v) is 2.93. The molecule has 0 saturated heterocycles. The van der Waals surface area contributed by atoms with Crippen LogP contribution in [0.2, 0.25) is 0 Å². The fourth-order valence-electron chi connectivity index (χ4n) is 2.19. The molecule has 82 valence electrons. The van der Waals surface area contributed by atoms with E-state index in [-0.39, 0.29) is 0 Å². The Morgan fingerprint density at radius 2 is 1.47 bits per heavy atom. The second kappa shape index (κ2) is 2.98. The Bertz CT molecular complexity index is 625. The summed E-state index contributed by atoms with van der Waals surface area (Å²) in [5.74, 6) is 0. The number of hydrogen-bond acceptors (Lipinski definition) is 5. The summed E-state index contributed by atoms with van der Waals surface area (Å²) in [6.07, 6.45) is 0. The molecule has 2 aliphatic rings. The molecule has 0 fully saturated rings. The van der Waals surface area contributed by atoms with Crippen LogP contribution >= 0.6 is 0 Å². The van der Waals surface area contributed by atoms with Gasteiger partial charge in [-0.25, -0.2) is 4.94 Å². The lowest BCUT2D eigenvalue weighted by molar-refractivity contribution is 0.137. The second-order valence-electron chi connectivity index (χ2n) is 3.85. The molecule has 2 aromatic rings. The highest BCUT2D eigenvalue weighted by atomic mass is 16.9. The minimum Gasteiger partial charge on any atom is -0.223 e. The molecule has 0 spiro atoms. The van der Waals surface area contributed by atoms with Gasteiger partial charge in [-0.05, 0) is 17.4 Å². The lowest BCUT2D eigenvalue weighted by Crippen LogP contribution is -2.36. The highest BCUT2D eigenvalue weighted by molar-refractivity contribution is 5.91. The topological polar surface area (TPSA) is 40.4 Å². The van der Waals surface area contributed by atoms with Crippen LogP contribution in [0.3, 0.4) is 0 Å². The minimum absolute atomic E-state index is 0.941. The van der Waals surface area contributed by atoms with Crippen molar-refractivity contribution in [1.82, 2.24) is 0 Å². The van der Waals surface area contributed by atoms with Crippen LogP contribution in [0.4, 0.5) is 11.4 Å². The molecule has 0 unspecified atom stereocenters. The zero-order valence-corrected chi connectivity index (χ0v) is 8.82. The van der Waals surface area contributed by atoms with Gasteiger partial charge in [0.05, 0.1) is 11.0 Å². The Kier molecular flexibility index (Phi) is 1.50. The van der Waals surface area contributed by atoms with Gasteiger partial charge in [0.2, 0.25) is 0 Å². The first kappa shape index (κ1) is 8.58. The van der Waals surface area contributed by atoms with Crippen LogP contribution < -0.4 is 10.3 Å². The van der Waals surface area contributed by atoms with Crippen LogP contribution in [0.5, 0.6) is 0 Å². The van der Waals surface area contributed by atoms with Crippen molar-refractivity contribution in [1.29, 1.82) is 0 Å². The monoisotopic (exact) mass is 224 g/mol. The van der Waals surface area contributed by atoms with E-state index < -0.39 is 0 Å². The van der Waals surface area contributed by atoms with Crippen LogP contribution in [0.15, 0.2) is 59.0 Å². The highest BCUT2D eigenvalue weighted by Gasteiger charge is 2.33. The average Bonchev–Trinajstić information content (AvgIpc) is 2.89. The van der Waals surface area contributed by atoms with E-state index in [4.69, 9.17) is 4.94 Å². The first-order valence-electron chi connectivity index (χ1n) is 5.32. The molecule has 2 aromatic carbocycles. The van der Waals surface area contributed by atoms with Crippen molar-refractivity contribution < 1.29 is 4.94 Å². The molecule has 0 N–H and O–H groups in total. The standard InChI is InChI=1S/C12H8N4O/c1-3-7-11-9(5-1)10-6-2-4-8-12(10)16-15(11)13-14-17-16/h1-8H. The first-order chi connectivity index (χ1) is 8.45. The molecule has 17 heavy (non-hydrogen) atoms. The zero-order valence-electron chi connectivity index (χ0n) is 8.82. The normalized spacial score (nSPS) is 15.1. The highest BCUT2D eigenvalue weighted by Crippen LogP contribution is 2.44. The van der Waals surface area contributed by atoms with Gasteiger partial charge in [0.25, 0.3) is 0 Å². The largest absolute Gasteiger partial charge is 0.223 e. The van der Waals surface area contributed by atoms with Crippen LogP contribution in [-0.4, -0.2) is 0 Å². The molecular formula is C12H8N4O. The number of hydrogen-bond donors (Lipinski definition) is 0. The van der Waals surface area contributed by atoms with Crippen LogP contribution in [0.25, 0.3) is 11.1 Å². The Labute approximate surface area is 97.4 Å². The lowest BCUT2D eigenvalue weighted by Gasteiger charge is -2.30. The maximum absolute atomic E-state index is 5.16. The van der Waals surface area contributed by atoms with Crippen LogP contribution in [0.1, 0.15) is 0 Å². The molecule has 2 heterocycles. The number of para-hydroxylation sites is 2. The van der Waals surface area contributed by atoms with Gasteiger partial charge in [-0.1, -0.05) is 41.6 Å². The van der Waals surface area contributed by atoms with Crippen molar-refractivity contribution in [3.8, 4) is 11.1 Å². The molecule has 0 bridgehead atoms. The van der Waals surface area contributed by atoms with Gasteiger partial charge in [-0.2, -0.15) is 0 Å². The molecule has 2 aliphatic heterocycles. The molecule has 0 radical (unpaired) electrons. The first-order valence-corrected chi connectivity index (χ1v) is 5.32. The molecule has 5 heteroatoms. The van der Waals surface area contributed by atoms with E-state index >= 15 is 0 Å². The molecule has 0 amide bonds. The Hall–Kier alpha value is -2.56. The van der Waals surface area contributed by atoms with Gasteiger partial charge in [0.1, 0.15) is 5.69 Å². The van der Waals surface area contributed by atoms with Crippen molar-refractivity contribution >= 4 is 11.4 Å². The zero-order chi connectivity index (χ0) is 11.2. The van der Waals surface area contributed by atoms with Crippen molar-refractivity contribution in [2.45, 2.75) is 0 Å². The van der Waals surface area contributed by atoms with Gasteiger partial charge >= 0.3 is 0 Å². The average molecular weight is 224 g/mol. The number of rotatable bonds is 0. The van der Waals surface area contributed by atoms with Crippen LogP contribution in [0, 0.1) is 0 Å². The summed E-state index contributed by atoms with van der Waals surface area (Å²) in [5, 5.41) is 10.8. The molecule has 0 aliphatic carbocycles. The van der Waals surface area contributed by atoms with E-state index in [1.165, 1.54) is 0 Å². The predicted molar refractivity (Wildman–Crippen MR) is 62.8 cm³/mol. The summed E-state index contributed by atoms with van der Waals surface area (Å²) in [4.78, 5) is 5.16. The molecular weight excluding hydrogens is 216 g/mol. The van der Waals surface area contributed by atoms with E-state index in [2.05, 4.69) is 22.6 Å². The second-order valence-corrected chi connectivity index (χ2v) is 3.85. The smallest absolute Gasteiger partial charge is 0.112 e. The fraction of sp³-hybridized carbons (Fsp3) is 0. The molecule has 5 nitrogen and oxygen atoms in total. The van der Waals surface area contributed by atoms with Gasteiger partial charge in [0, 0.05) is 11.1 Å². The van der Waals surface area contributed by atoms with Gasteiger partial charge < -0.3 is 0 Å². The molecule has 0 atom stereocenters. The van der Waals surface area contributed by atoms with Crippen LogP contribution in [-0.2, 0) is 4.94 Å². The minimum atomic E-state index is 0.941. The SMILES string of the molecule is c1ccc2c(c1)-c1ccccc1N1ON=NN21. The Morgan fingerprint density at radius 1 is 0.824 bits per heavy atom. The van der Waals surface area contributed by atoms with E-state index in [1.807, 2.05) is 36.4 Å². The third-order valence-electron chi connectivity index (χ3n) is 2.93. The van der Waals surface area contributed by atoms with Gasteiger partial charge in [0.15, 0.2) is 0 Å². The third kappa shape index (κ3) is 1.02. The number of nitrogens with zero attached hydrogens (tertiary/aromatic N) is 4. The van der Waals surface area contributed by atoms with Gasteiger partial charge in [-0.15, -0.1) is 5.12 Å². The maximum atomic E-state index is 5.16. The number of hydrazine groups is 1. The summed E-state index contributed by atoms with van der Waals surface area (Å²) in [7, 11) is 0. The molecule has 0 aromatic heterocycles. The van der Waals surface area contributed by atoms with E-state index in [1.54, 1.807) is 10.3 Å². The summed E-state index contributed by atoms with van der Waals surface area (Å²) in [5.41, 5.74) is 4.15. The van der Waals surface area contributed by atoms with Crippen molar-refractivity contribution in [3.63, 3.8) is 0 Å². The predicted octanol–water partition coefficient (Wildman–Crippen LogP) is 3.12. The number of benzene rings is 2. The van der Waals surface area contributed by atoms with Gasteiger partial charge in [-0.3, -0.25) is 0 Å². The van der Waals surface area contributed by atoms with E-state index in [0.717, 1.165) is 22.5 Å². The number of anilines is 2. The van der Waals surface area contributed by atoms with E-state index in [9.17, 15) is 0 Å². The summed E-state index contributed by atoms with van der Waals surface area (Å²) in [6, 6.07) is 16.1. The Balaban J connectivity index is 2.06. The summed E-state index contributed by atoms with van der Waals surface area (Å²) >= 11 is 0. The lowest BCUT2D eigenvalue weighted by atomic mass is 10.0. The Morgan fingerprint density at radius 3 is 2.29 bits per heavy atom. The van der Waals surface area contributed by atoms with Crippen molar-refractivity contribution in [2.75, 3.05) is 10.3 Å². The molecule has 4 rings (SSSR count). The summed E-state index contributed by atoms with van der Waals surface area (Å²) in [6.45, 7) is 0. The van der Waals surface area contributed by atoms with E-state index in [0.29, 0.717) is 0 Å². The fourth-order valence-corrected chi connectivity index (χ4v) is 2.19. The number of fused-ring (bicyclic) bond motifs is 6. The van der Waals surface area contributed by atoms with Crippen molar-refractivity contribution in [2.24, 2.45) is 10.5 Å². The van der Waals surface area contributed by atoms with Crippen molar-refractivity contribution in [3.05, 3.63) is 48.5 Å². The summed E-state index contributed by atoms with van der Waals surface area (Å²) < 4.78 is 0. The quantitative estimate of drug-likeness (QED) is 0.690. The maximum Gasteiger partial charge on any atom is 0.112 e. The molecule has 0 saturated carbocycles.